The Morgan fingerprint density at radius 3 is 2.78 bits per heavy atom. The second kappa shape index (κ2) is 7.74. The standard InChI is InChI=1S/C14H27NO3/c1-4-6-13-9-12(7-8-18-13)15(10-14(16)17)11(3)5-2/h11-13H,4-10H2,1-3H3,(H,16,17). The Bertz CT molecular complexity index is 255. The molecule has 3 unspecified atom stereocenters. The predicted octanol–water partition coefficient (Wildman–Crippen LogP) is 2.52. The van der Waals surface area contributed by atoms with Crippen LogP contribution >= 0.6 is 0 Å². The van der Waals surface area contributed by atoms with Crippen LogP contribution in [0.25, 0.3) is 0 Å². The van der Waals surface area contributed by atoms with Crippen molar-refractivity contribution in [3.63, 3.8) is 0 Å². The van der Waals surface area contributed by atoms with E-state index in [0.717, 1.165) is 38.7 Å². The van der Waals surface area contributed by atoms with Crippen molar-refractivity contribution < 1.29 is 14.6 Å². The minimum absolute atomic E-state index is 0.151. The zero-order chi connectivity index (χ0) is 13.5. The van der Waals surface area contributed by atoms with Crippen molar-refractivity contribution in [3.05, 3.63) is 0 Å². The first-order valence-corrected chi connectivity index (χ1v) is 7.17. The molecule has 0 amide bonds. The molecule has 0 bridgehead atoms. The highest BCUT2D eigenvalue weighted by Crippen LogP contribution is 2.24. The van der Waals surface area contributed by atoms with Crippen molar-refractivity contribution in [2.24, 2.45) is 0 Å². The van der Waals surface area contributed by atoms with Gasteiger partial charge in [-0.05, 0) is 32.6 Å². The molecule has 106 valence electrons. The number of hydrogen-bond acceptors (Lipinski definition) is 3. The van der Waals surface area contributed by atoms with Gasteiger partial charge in [0.05, 0.1) is 12.6 Å². The van der Waals surface area contributed by atoms with Gasteiger partial charge in [-0.1, -0.05) is 20.3 Å². The van der Waals surface area contributed by atoms with E-state index in [9.17, 15) is 4.79 Å². The lowest BCUT2D eigenvalue weighted by atomic mass is 9.97. The van der Waals surface area contributed by atoms with Gasteiger partial charge in [-0.15, -0.1) is 0 Å². The topological polar surface area (TPSA) is 49.8 Å². The number of nitrogens with zero attached hydrogens (tertiary/aromatic N) is 1. The van der Waals surface area contributed by atoms with Gasteiger partial charge in [-0.3, -0.25) is 9.69 Å². The van der Waals surface area contributed by atoms with E-state index in [0.29, 0.717) is 18.2 Å². The van der Waals surface area contributed by atoms with E-state index in [-0.39, 0.29) is 6.54 Å². The third kappa shape index (κ3) is 4.58. The Labute approximate surface area is 110 Å². The molecule has 1 aliphatic heterocycles. The second-order valence-corrected chi connectivity index (χ2v) is 5.28. The molecule has 4 nitrogen and oxygen atoms in total. The number of carbonyl (C=O) groups is 1. The lowest BCUT2D eigenvalue weighted by Gasteiger charge is -2.39. The minimum Gasteiger partial charge on any atom is -0.480 e. The fraction of sp³-hybridized carbons (Fsp3) is 0.929. The van der Waals surface area contributed by atoms with Gasteiger partial charge in [0.1, 0.15) is 0 Å². The molecule has 3 atom stereocenters. The monoisotopic (exact) mass is 257 g/mol. The summed E-state index contributed by atoms with van der Waals surface area (Å²) in [7, 11) is 0. The summed E-state index contributed by atoms with van der Waals surface area (Å²) in [5.41, 5.74) is 0. The molecule has 1 rings (SSSR count). The highest BCUT2D eigenvalue weighted by Gasteiger charge is 2.30. The van der Waals surface area contributed by atoms with E-state index >= 15 is 0 Å². The summed E-state index contributed by atoms with van der Waals surface area (Å²) in [6, 6.07) is 0.688. The normalized spacial score (nSPS) is 26.2. The van der Waals surface area contributed by atoms with E-state index in [2.05, 4.69) is 25.7 Å². The fourth-order valence-corrected chi connectivity index (χ4v) is 2.72. The Hall–Kier alpha value is -0.610. The van der Waals surface area contributed by atoms with Crippen LogP contribution in [0, 0.1) is 0 Å². The van der Waals surface area contributed by atoms with Crippen LogP contribution in [0.5, 0.6) is 0 Å². The molecule has 1 N–H and O–H groups in total. The van der Waals surface area contributed by atoms with Crippen LogP contribution in [-0.4, -0.2) is 47.3 Å². The van der Waals surface area contributed by atoms with E-state index in [1.54, 1.807) is 0 Å². The molecule has 0 radical (unpaired) electrons. The zero-order valence-corrected chi connectivity index (χ0v) is 11.9. The smallest absolute Gasteiger partial charge is 0.317 e. The Morgan fingerprint density at radius 2 is 2.22 bits per heavy atom. The summed E-state index contributed by atoms with van der Waals surface area (Å²) in [5.74, 6) is -0.728. The number of rotatable bonds is 7. The number of ether oxygens (including phenoxy) is 1. The predicted molar refractivity (Wildman–Crippen MR) is 71.8 cm³/mol. The first-order chi connectivity index (χ1) is 8.58. The van der Waals surface area contributed by atoms with Gasteiger partial charge in [-0.25, -0.2) is 0 Å². The molecule has 1 aliphatic rings. The number of aliphatic carboxylic acids is 1. The number of carboxylic acid groups (broad SMARTS) is 1. The third-order valence-electron chi connectivity index (χ3n) is 3.89. The Kier molecular flexibility index (Phi) is 6.65. The average Bonchev–Trinajstić information content (AvgIpc) is 2.35. The molecule has 1 saturated heterocycles. The number of hydrogen-bond donors (Lipinski definition) is 1. The summed E-state index contributed by atoms with van der Waals surface area (Å²) < 4.78 is 5.74. The summed E-state index contributed by atoms with van der Waals surface area (Å²) in [6.07, 6.45) is 5.44. The van der Waals surface area contributed by atoms with Crippen molar-refractivity contribution in [3.8, 4) is 0 Å². The van der Waals surface area contributed by atoms with Crippen molar-refractivity contribution in [2.75, 3.05) is 13.2 Å². The molecule has 4 heteroatoms. The van der Waals surface area contributed by atoms with Gasteiger partial charge < -0.3 is 9.84 Å². The third-order valence-corrected chi connectivity index (χ3v) is 3.89. The molecular formula is C14H27NO3. The van der Waals surface area contributed by atoms with Crippen LogP contribution < -0.4 is 0 Å². The Balaban J connectivity index is 2.62. The lowest BCUT2D eigenvalue weighted by molar-refractivity contribution is -0.141. The molecule has 0 aromatic rings. The average molecular weight is 257 g/mol. The van der Waals surface area contributed by atoms with E-state index in [4.69, 9.17) is 9.84 Å². The zero-order valence-electron chi connectivity index (χ0n) is 11.9. The van der Waals surface area contributed by atoms with Crippen LogP contribution in [0.2, 0.25) is 0 Å². The number of carboxylic acids is 1. The molecule has 1 heterocycles. The largest absolute Gasteiger partial charge is 0.480 e. The van der Waals surface area contributed by atoms with Crippen molar-refractivity contribution in [2.45, 2.75) is 71.1 Å². The summed E-state index contributed by atoms with van der Waals surface area (Å²) >= 11 is 0. The van der Waals surface area contributed by atoms with E-state index in [1.807, 2.05) is 0 Å². The van der Waals surface area contributed by atoms with Gasteiger partial charge in [0.15, 0.2) is 0 Å². The molecule has 0 aromatic heterocycles. The molecule has 0 aliphatic carbocycles. The molecule has 0 saturated carbocycles. The maximum atomic E-state index is 11.0. The summed E-state index contributed by atoms with van der Waals surface area (Å²) in [6.45, 7) is 7.31. The van der Waals surface area contributed by atoms with Crippen molar-refractivity contribution in [1.29, 1.82) is 0 Å². The van der Waals surface area contributed by atoms with Crippen LogP contribution in [0.4, 0.5) is 0 Å². The molecule has 1 fully saturated rings. The molecular weight excluding hydrogens is 230 g/mol. The molecule has 18 heavy (non-hydrogen) atoms. The maximum absolute atomic E-state index is 11.0. The van der Waals surface area contributed by atoms with Crippen LogP contribution in [0.1, 0.15) is 52.9 Å². The van der Waals surface area contributed by atoms with Gasteiger partial charge in [0, 0.05) is 18.7 Å². The minimum atomic E-state index is -0.728. The fourth-order valence-electron chi connectivity index (χ4n) is 2.72. The van der Waals surface area contributed by atoms with Crippen molar-refractivity contribution >= 4 is 5.97 Å². The molecule has 0 spiro atoms. The first-order valence-electron chi connectivity index (χ1n) is 7.17. The second-order valence-electron chi connectivity index (χ2n) is 5.28. The quantitative estimate of drug-likeness (QED) is 0.761. The van der Waals surface area contributed by atoms with Crippen LogP contribution in [-0.2, 0) is 9.53 Å². The van der Waals surface area contributed by atoms with Gasteiger partial charge in [0.25, 0.3) is 0 Å². The molecule has 0 aromatic carbocycles. The SMILES string of the molecule is CCCC1CC(N(CC(=O)O)C(C)CC)CCO1. The summed E-state index contributed by atoms with van der Waals surface area (Å²) in [4.78, 5) is 13.2. The highest BCUT2D eigenvalue weighted by atomic mass is 16.5. The van der Waals surface area contributed by atoms with Gasteiger partial charge in [0.2, 0.25) is 0 Å². The van der Waals surface area contributed by atoms with Gasteiger partial charge in [-0.2, -0.15) is 0 Å². The van der Waals surface area contributed by atoms with Crippen LogP contribution in [0.15, 0.2) is 0 Å². The highest BCUT2D eigenvalue weighted by molar-refractivity contribution is 5.69. The van der Waals surface area contributed by atoms with Crippen molar-refractivity contribution in [1.82, 2.24) is 4.90 Å². The van der Waals surface area contributed by atoms with Gasteiger partial charge >= 0.3 is 5.97 Å². The first kappa shape index (κ1) is 15.4. The van der Waals surface area contributed by atoms with Crippen LogP contribution in [0.3, 0.4) is 0 Å². The van der Waals surface area contributed by atoms with E-state index < -0.39 is 5.97 Å². The maximum Gasteiger partial charge on any atom is 0.317 e. The summed E-state index contributed by atoms with van der Waals surface area (Å²) in [5, 5.41) is 9.06. The Morgan fingerprint density at radius 1 is 1.50 bits per heavy atom. The van der Waals surface area contributed by atoms with E-state index in [1.165, 1.54) is 0 Å². The lowest BCUT2D eigenvalue weighted by Crippen LogP contribution is -2.48.